The molecule has 1 saturated heterocycles. The first-order chi connectivity index (χ1) is 12.2. The standard InChI is InChI=1S/C20H23N3OS/c1-3-15-9-7-8-12-22(15)19(24)18-13-17-14(2)21-23(20(17)25-18)16-10-5-4-6-11-16/h4-6,10-11,13,15H,3,7-9,12H2,1-2H3/t15-/m1/s1. The summed E-state index contributed by atoms with van der Waals surface area (Å²) in [6.07, 6.45) is 4.51. The van der Waals surface area contributed by atoms with Gasteiger partial charge in [-0.15, -0.1) is 11.3 Å². The van der Waals surface area contributed by atoms with Gasteiger partial charge in [-0.2, -0.15) is 5.10 Å². The molecule has 0 N–H and O–H groups in total. The number of likely N-dealkylation sites (tertiary alicyclic amines) is 1. The maximum Gasteiger partial charge on any atom is 0.264 e. The molecule has 5 heteroatoms. The topological polar surface area (TPSA) is 38.1 Å². The molecule has 4 nitrogen and oxygen atoms in total. The molecule has 1 fully saturated rings. The average molecular weight is 353 g/mol. The Bertz CT molecular complexity index is 896. The SMILES string of the molecule is CC[C@@H]1CCCCN1C(=O)c1cc2c(C)nn(-c3ccccc3)c2s1. The van der Waals surface area contributed by atoms with Crippen LogP contribution in [0.25, 0.3) is 15.9 Å². The van der Waals surface area contributed by atoms with Gasteiger partial charge in [-0.05, 0) is 50.8 Å². The number of nitrogens with zero attached hydrogens (tertiary/aromatic N) is 3. The highest BCUT2D eigenvalue weighted by Crippen LogP contribution is 2.32. The second-order valence-corrected chi connectivity index (χ2v) is 7.75. The van der Waals surface area contributed by atoms with E-state index in [1.54, 1.807) is 11.3 Å². The molecule has 3 heterocycles. The lowest BCUT2D eigenvalue weighted by Crippen LogP contribution is -2.43. The number of fused-ring (bicyclic) bond motifs is 1. The van der Waals surface area contributed by atoms with E-state index < -0.39 is 0 Å². The molecule has 2 aromatic heterocycles. The molecule has 3 aromatic rings. The number of hydrogen-bond acceptors (Lipinski definition) is 3. The maximum absolute atomic E-state index is 13.1. The van der Waals surface area contributed by atoms with Gasteiger partial charge < -0.3 is 4.90 Å². The Morgan fingerprint density at radius 2 is 2.08 bits per heavy atom. The van der Waals surface area contributed by atoms with Crippen molar-refractivity contribution in [2.24, 2.45) is 0 Å². The quantitative estimate of drug-likeness (QED) is 0.678. The molecule has 1 aliphatic rings. The van der Waals surface area contributed by atoms with Gasteiger partial charge in [-0.1, -0.05) is 25.1 Å². The van der Waals surface area contributed by atoms with Crippen molar-refractivity contribution < 1.29 is 4.79 Å². The highest BCUT2D eigenvalue weighted by molar-refractivity contribution is 7.20. The molecular formula is C20H23N3OS. The molecule has 130 valence electrons. The third-order valence-corrected chi connectivity index (χ3v) is 6.21. The summed E-state index contributed by atoms with van der Waals surface area (Å²) in [7, 11) is 0. The second-order valence-electron chi connectivity index (χ2n) is 6.72. The fourth-order valence-electron chi connectivity index (χ4n) is 3.73. The molecule has 1 atom stereocenters. The maximum atomic E-state index is 13.1. The second kappa shape index (κ2) is 6.64. The van der Waals surface area contributed by atoms with Gasteiger partial charge in [0.15, 0.2) is 0 Å². The van der Waals surface area contributed by atoms with E-state index in [2.05, 4.69) is 16.9 Å². The van der Waals surface area contributed by atoms with Crippen LogP contribution in [-0.4, -0.2) is 33.2 Å². The van der Waals surface area contributed by atoms with Crippen LogP contribution < -0.4 is 0 Å². The number of thiophene rings is 1. The van der Waals surface area contributed by atoms with Crippen LogP contribution in [-0.2, 0) is 0 Å². The third-order valence-electron chi connectivity index (χ3n) is 5.12. The van der Waals surface area contributed by atoms with E-state index in [0.29, 0.717) is 6.04 Å². The van der Waals surface area contributed by atoms with Crippen molar-refractivity contribution in [3.8, 4) is 5.69 Å². The number of benzene rings is 1. The number of hydrogen-bond donors (Lipinski definition) is 0. The smallest absolute Gasteiger partial charge is 0.264 e. The summed E-state index contributed by atoms with van der Waals surface area (Å²) in [6.45, 7) is 5.08. The molecule has 4 rings (SSSR count). The highest BCUT2D eigenvalue weighted by atomic mass is 32.1. The Kier molecular flexibility index (Phi) is 4.34. The Balaban J connectivity index is 1.73. The van der Waals surface area contributed by atoms with Gasteiger partial charge in [-0.25, -0.2) is 4.68 Å². The monoisotopic (exact) mass is 353 g/mol. The molecule has 1 amide bonds. The van der Waals surface area contributed by atoms with E-state index in [-0.39, 0.29) is 5.91 Å². The minimum Gasteiger partial charge on any atom is -0.335 e. The summed E-state index contributed by atoms with van der Waals surface area (Å²) in [6, 6.07) is 12.5. The molecule has 0 aliphatic carbocycles. The zero-order valence-electron chi connectivity index (χ0n) is 14.7. The number of rotatable bonds is 3. The van der Waals surface area contributed by atoms with Crippen LogP contribution in [0.2, 0.25) is 0 Å². The highest BCUT2D eigenvalue weighted by Gasteiger charge is 2.28. The largest absolute Gasteiger partial charge is 0.335 e. The van der Waals surface area contributed by atoms with Crippen LogP contribution in [0.3, 0.4) is 0 Å². The summed E-state index contributed by atoms with van der Waals surface area (Å²) in [5, 5.41) is 5.75. The van der Waals surface area contributed by atoms with Gasteiger partial charge >= 0.3 is 0 Å². The molecule has 25 heavy (non-hydrogen) atoms. The van der Waals surface area contributed by atoms with Crippen LogP contribution in [0.5, 0.6) is 0 Å². The zero-order chi connectivity index (χ0) is 17.4. The number of piperidine rings is 1. The Labute approximate surface area is 152 Å². The number of carbonyl (C=O) groups excluding carboxylic acids is 1. The number of aryl methyl sites for hydroxylation is 1. The van der Waals surface area contributed by atoms with E-state index >= 15 is 0 Å². The van der Waals surface area contributed by atoms with Gasteiger partial charge in [0.05, 0.1) is 16.3 Å². The van der Waals surface area contributed by atoms with Crippen molar-refractivity contribution in [2.45, 2.75) is 45.6 Å². The van der Waals surface area contributed by atoms with Crippen LogP contribution in [0.1, 0.15) is 48.0 Å². The molecule has 0 radical (unpaired) electrons. The zero-order valence-corrected chi connectivity index (χ0v) is 15.6. The average Bonchev–Trinajstić information content (AvgIpc) is 3.22. The molecule has 0 spiro atoms. The summed E-state index contributed by atoms with van der Waals surface area (Å²) in [5.41, 5.74) is 2.01. The predicted octanol–water partition coefficient (Wildman–Crippen LogP) is 4.80. The van der Waals surface area contributed by atoms with Crippen molar-refractivity contribution in [1.82, 2.24) is 14.7 Å². The lowest BCUT2D eigenvalue weighted by Gasteiger charge is -2.35. The lowest BCUT2D eigenvalue weighted by atomic mass is 10.00. The van der Waals surface area contributed by atoms with E-state index in [1.165, 1.54) is 6.42 Å². The number of aromatic nitrogens is 2. The predicted molar refractivity (Wildman–Crippen MR) is 103 cm³/mol. The minimum absolute atomic E-state index is 0.187. The van der Waals surface area contributed by atoms with Gasteiger partial charge in [0.2, 0.25) is 0 Å². The molecule has 1 aromatic carbocycles. The first-order valence-electron chi connectivity index (χ1n) is 9.04. The molecular weight excluding hydrogens is 330 g/mol. The van der Waals surface area contributed by atoms with Crippen molar-refractivity contribution in [1.29, 1.82) is 0 Å². The van der Waals surface area contributed by atoms with Crippen molar-refractivity contribution >= 4 is 27.5 Å². The van der Waals surface area contributed by atoms with E-state index in [9.17, 15) is 4.79 Å². The summed E-state index contributed by atoms with van der Waals surface area (Å²) in [5.74, 6) is 0.187. The van der Waals surface area contributed by atoms with Crippen LogP contribution in [0.4, 0.5) is 0 Å². The molecule has 1 aliphatic heterocycles. The van der Waals surface area contributed by atoms with Gasteiger partial charge in [0.1, 0.15) is 4.83 Å². The minimum atomic E-state index is 0.187. The van der Waals surface area contributed by atoms with E-state index in [4.69, 9.17) is 0 Å². The lowest BCUT2D eigenvalue weighted by molar-refractivity contribution is 0.0613. The number of carbonyl (C=O) groups is 1. The first-order valence-corrected chi connectivity index (χ1v) is 9.86. The number of para-hydroxylation sites is 1. The summed E-state index contributed by atoms with van der Waals surface area (Å²) >= 11 is 1.56. The third kappa shape index (κ3) is 2.86. The molecule has 0 bridgehead atoms. The Morgan fingerprint density at radius 1 is 1.28 bits per heavy atom. The Hall–Kier alpha value is -2.14. The van der Waals surface area contributed by atoms with E-state index in [0.717, 1.165) is 52.3 Å². The number of amides is 1. The van der Waals surface area contributed by atoms with Crippen LogP contribution in [0.15, 0.2) is 36.4 Å². The van der Waals surface area contributed by atoms with Gasteiger partial charge in [0, 0.05) is 18.0 Å². The van der Waals surface area contributed by atoms with Crippen LogP contribution in [0, 0.1) is 6.92 Å². The fourth-order valence-corrected chi connectivity index (χ4v) is 4.87. The van der Waals surface area contributed by atoms with Crippen molar-refractivity contribution in [3.63, 3.8) is 0 Å². The fraction of sp³-hybridized carbons (Fsp3) is 0.400. The Morgan fingerprint density at radius 3 is 2.84 bits per heavy atom. The molecule has 0 unspecified atom stereocenters. The normalized spacial score (nSPS) is 18.0. The van der Waals surface area contributed by atoms with Crippen LogP contribution >= 0.6 is 11.3 Å². The van der Waals surface area contributed by atoms with E-state index in [1.807, 2.05) is 48.0 Å². The van der Waals surface area contributed by atoms with Crippen molar-refractivity contribution in [2.75, 3.05) is 6.54 Å². The van der Waals surface area contributed by atoms with Gasteiger partial charge in [-0.3, -0.25) is 4.79 Å². The van der Waals surface area contributed by atoms with Crippen molar-refractivity contribution in [3.05, 3.63) is 47.0 Å². The summed E-state index contributed by atoms with van der Waals surface area (Å²) < 4.78 is 1.96. The first kappa shape index (κ1) is 16.3. The summed E-state index contributed by atoms with van der Waals surface area (Å²) in [4.78, 5) is 17.1. The van der Waals surface area contributed by atoms with Gasteiger partial charge in [0.25, 0.3) is 5.91 Å². The molecule has 0 saturated carbocycles.